The number of anilines is 2. The Morgan fingerprint density at radius 1 is 1.10 bits per heavy atom. The molecule has 0 spiro atoms. The number of hydrogen-bond donors (Lipinski definition) is 1. The zero-order chi connectivity index (χ0) is 21.4. The fourth-order valence-electron chi connectivity index (χ4n) is 2.49. The van der Waals surface area contributed by atoms with Gasteiger partial charge in [-0.1, -0.05) is 12.7 Å². The van der Waals surface area contributed by atoms with Crippen molar-refractivity contribution in [3.8, 4) is 17.2 Å². The van der Waals surface area contributed by atoms with Crippen LogP contribution >= 0.6 is 0 Å². The molecule has 0 aliphatic heterocycles. The smallest absolute Gasteiger partial charge is 0.245 e. The highest BCUT2D eigenvalue weighted by Gasteiger charge is 2.24. The number of hydrogen-bond acceptors (Lipinski definition) is 6. The molecule has 0 saturated carbocycles. The zero-order valence-electron chi connectivity index (χ0n) is 16.5. The first-order valence-corrected chi connectivity index (χ1v) is 10.5. The van der Waals surface area contributed by atoms with Crippen LogP contribution in [-0.4, -0.2) is 48.0 Å². The average molecular weight is 420 g/mol. The van der Waals surface area contributed by atoms with Crippen molar-refractivity contribution < 1.29 is 27.4 Å². The predicted molar refractivity (Wildman–Crippen MR) is 112 cm³/mol. The Hall–Kier alpha value is -3.20. The van der Waals surface area contributed by atoms with E-state index in [9.17, 15) is 13.2 Å². The van der Waals surface area contributed by atoms with Gasteiger partial charge in [-0.25, -0.2) is 8.42 Å². The topological polar surface area (TPSA) is 94.2 Å². The van der Waals surface area contributed by atoms with Crippen LogP contribution in [-0.2, 0) is 14.8 Å². The van der Waals surface area contributed by atoms with Crippen molar-refractivity contribution in [1.82, 2.24) is 0 Å². The Labute approximate surface area is 170 Å². The largest absolute Gasteiger partial charge is 0.497 e. The molecule has 8 nitrogen and oxygen atoms in total. The molecule has 29 heavy (non-hydrogen) atoms. The second-order valence-electron chi connectivity index (χ2n) is 5.98. The van der Waals surface area contributed by atoms with Gasteiger partial charge in [0.2, 0.25) is 15.9 Å². The zero-order valence-corrected chi connectivity index (χ0v) is 17.4. The molecule has 2 aromatic carbocycles. The summed E-state index contributed by atoms with van der Waals surface area (Å²) in [6.45, 7) is 3.53. The number of carbonyl (C=O) groups is 1. The summed E-state index contributed by atoms with van der Waals surface area (Å²) < 4.78 is 41.4. The minimum absolute atomic E-state index is 0.235. The SMILES string of the molecule is C=CCOc1ccc(NC(=O)CN(c2ccc(OC)cc2OC)S(C)(=O)=O)cc1. The Balaban J connectivity index is 2.19. The first kappa shape index (κ1) is 22.1. The molecule has 0 aliphatic rings. The van der Waals surface area contributed by atoms with Crippen molar-refractivity contribution in [1.29, 1.82) is 0 Å². The average Bonchev–Trinajstić information content (AvgIpc) is 2.70. The van der Waals surface area contributed by atoms with Gasteiger partial charge < -0.3 is 19.5 Å². The van der Waals surface area contributed by atoms with Crippen molar-refractivity contribution in [3.05, 3.63) is 55.1 Å². The van der Waals surface area contributed by atoms with Gasteiger partial charge in [0.1, 0.15) is 30.4 Å². The Morgan fingerprint density at radius 2 is 1.76 bits per heavy atom. The van der Waals surface area contributed by atoms with Crippen molar-refractivity contribution in [3.63, 3.8) is 0 Å². The van der Waals surface area contributed by atoms with Gasteiger partial charge in [-0.3, -0.25) is 9.10 Å². The van der Waals surface area contributed by atoms with Gasteiger partial charge in [-0.15, -0.1) is 0 Å². The maximum Gasteiger partial charge on any atom is 0.245 e. The molecule has 156 valence electrons. The summed E-state index contributed by atoms with van der Waals surface area (Å²) in [6, 6.07) is 11.4. The highest BCUT2D eigenvalue weighted by Crippen LogP contribution is 2.33. The highest BCUT2D eigenvalue weighted by atomic mass is 32.2. The molecule has 0 aromatic heterocycles. The molecule has 2 rings (SSSR count). The van der Waals surface area contributed by atoms with Crippen LogP contribution in [0.5, 0.6) is 17.2 Å². The number of nitrogens with zero attached hydrogens (tertiary/aromatic N) is 1. The van der Waals surface area contributed by atoms with Crippen LogP contribution in [0.4, 0.5) is 11.4 Å². The first-order chi connectivity index (χ1) is 13.8. The van der Waals surface area contributed by atoms with Crippen LogP contribution in [0.15, 0.2) is 55.1 Å². The lowest BCUT2D eigenvalue weighted by molar-refractivity contribution is -0.114. The van der Waals surface area contributed by atoms with Crippen LogP contribution in [0.2, 0.25) is 0 Å². The molecule has 0 heterocycles. The lowest BCUT2D eigenvalue weighted by atomic mass is 10.2. The molecular formula is C20H24N2O6S. The van der Waals surface area contributed by atoms with Crippen LogP contribution in [0.25, 0.3) is 0 Å². The minimum atomic E-state index is -3.75. The van der Waals surface area contributed by atoms with Crippen molar-refractivity contribution in [2.24, 2.45) is 0 Å². The van der Waals surface area contributed by atoms with E-state index in [1.807, 2.05) is 0 Å². The van der Waals surface area contributed by atoms with E-state index in [2.05, 4.69) is 11.9 Å². The summed E-state index contributed by atoms with van der Waals surface area (Å²) in [5.41, 5.74) is 0.746. The molecule has 0 fully saturated rings. The number of ether oxygens (including phenoxy) is 3. The van der Waals surface area contributed by atoms with Gasteiger partial charge in [0.05, 0.1) is 26.2 Å². The summed E-state index contributed by atoms with van der Waals surface area (Å²) in [6.07, 6.45) is 2.65. The Bertz CT molecular complexity index is 957. The second kappa shape index (κ2) is 9.83. The molecule has 0 aliphatic carbocycles. The molecular weight excluding hydrogens is 396 g/mol. The highest BCUT2D eigenvalue weighted by molar-refractivity contribution is 7.92. The third-order valence-electron chi connectivity index (χ3n) is 3.85. The van der Waals surface area contributed by atoms with E-state index < -0.39 is 22.5 Å². The minimum Gasteiger partial charge on any atom is -0.497 e. The summed E-state index contributed by atoms with van der Waals surface area (Å²) in [7, 11) is -0.851. The van der Waals surface area contributed by atoms with Gasteiger partial charge >= 0.3 is 0 Å². The van der Waals surface area contributed by atoms with E-state index in [1.165, 1.54) is 20.3 Å². The molecule has 0 saturated heterocycles. The van der Waals surface area contributed by atoms with Gasteiger partial charge in [0.25, 0.3) is 0 Å². The van der Waals surface area contributed by atoms with Gasteiger partial charge in [0, 0.05) is 11.8 Å². The van der Waals surface area contributed by atoms with Crippen LogP contribution in [0.3, 0.4) is 0 Å². The number of benzene rings is 2. The Kier molecular flexibility index (Phi) is 7.49. The first-order valence-electron chi connectivity index (χ1n) is 8.62. The normalized spacial score (nSPS) is 10.7. The van der Waals surface area contributed by atoms with E-state index in [-0.39, 0.29) is 11.4 Å². The van der Waals surface area contributed by atoms with E-state index in [0.717, 1.165) is 10.6 Å². The lowest BCUT2D eigenvalue weighted by Gasteiger charge is -2.24. The summed E-state index contributed by atoms with van der Waals surface area (Å²) in [5.74, 6) is 0.894. The molecule has 0 unspecified atom stereocenters. The molecule has 0 atom stereocenters. The number of rotatable bonds is 10. The number of nitrogens with one attached hydrogen (secondary N) is 1. The van der Waals surface area contributed by atoms with E-state index >= 15 is 0 Å². The number of amides is 1. The maximum absolute atomic E-state index is 12.5. The molecule has 1 N–H and O–H groups in total. The van der Waals surface area contributed by atoms with Crippen LogP contribution in [0, 0.1) is 0 Å². The molecule has 9 heteroatoms. The Morgan fingerprint density at radius 3 is 2.31 bits per heavy atom. The summed E-state index contributed by atoms with van der Waals surface area (Å²) in [5, 5.41) is 2.67. The molecule has 0 radical (unpaired) electrons. The quantitative estimate of drug-likeness (QED) is 0.594. The van der Waals surface area contributed by atoms with Crippen LogP contribution < -0.4 is 23.8 Å². The number of sulfonamides is 1. The van der Waals surface area contributed by atoms with Gasteiger partial charge in [-0.05, 0) is 36.4 Å². The number of carbonyl (C=O) groups excluding carboxylic acids is 1. The standard InChI is InChI=1S/C20H24N2O6S/c1-5-12-28-16-8-6-15(7-9-16)21-20(23)14-22(29(4,24)25)18-11-10-17(26-2)13-19(18)27-3/h5-11,13H,1,12,14H2,2-4H3,(H,21,23). The fraction of sp³-hybridized carbons (Fsp3) is 0.250. The van der Waals surface area contributed by atoms with Crippen LogP contribution in [0.1, 0.15) is 0 Å². The van der Waals surface area contributed by atoms with E-state index in [1.54, 1.807) is 42.5 Å². The van der Waals surface area contributed by atoms with Gasteiger partial charge in [-0.2, -0.15) is 0 Å². The maximum atomic E-state index is 12.5. The molecule has 0 bridgehead atoms. The third-order valence-corrected chi connectivity index (χ3v) is 4.98. The summed E-state index contributed by atoms with van der Waals surface area (Å²) in [4.78, 5) is 12.5. The van der Waals surface area contributed by atoms with Crippen molar-refractivity contribution in [2.45, 2.75) is 0 Å². The third kappa shape index (κ3) is 6.15. The number of methoxy groups -OCH3 is 2. The molecule has 1 amide bonds. The lowest BCUT2D eigenvalue weighted by Crippen LogP contribution is -2.37. The molecule has 2 aromatic rings. The van der Waals surface area contributed by atoms with E-state index in [4.69, 9.17) is 14.2 Å². The summed E-state index contributed by atoms with van der Waals surface area (Å²) >= 11 is 0. The monoisotopic (exact) mass is 420 g/mol. The van der Waals surface area contributed by atoms with Crippen molar-refractivity contribution in [2.75, 3.05) is 43.2 Å². The van der Waals surface area contributed by atoms with Crippen molar-refractivity contribution >= 4 is 27.3 Å². The second-order valence-corrected chi connectivity index (χ2v) is 7.89. The van der Waals surface area contributed by atoms with E-state index in [0.29, 0.717) is 23.8 Å². The predicted octanol–water partition coefficient (Wildman–Crippen LogP) is 2.67. The van der Waals surface area contributed by atoms with Gasteiger partial charge in [0.15, 0.2) is 0 Å². The fourth-order valence-corrected chi connectivity index (χ4v) is 3.35.